The fourth-order valence-electron chi connectivity index (χ4n) is 7.09. The molecule has 1 aliphatic carbocycles. The van der Waals surface area contributed by atoms with Gasteiger partial charge in [0.25, 0.3) is 0 Å². The molecule has 0 fully saturated rings. The highest BCUT2D eigenvalue weighted by atomic mass is 15.1. The average molecular weight is 524 g/mol. The predicted molar refractivity (Wildman–Crippen MR) is 166 cm³/mol. The summed E-state index contributed by atoms with van der Waals surface area (Å²) < 4.78 is 4.63. The lowest BCUT2D eigenvalue weighted by molar-refractivity contribution is 1.18. The van der Waals surface area contributed by atoms with Crippen LogP contribution in [0, 0.1) is 0 Å². The van der Waals surface area contributed by atoms with Gasteiger partial charge in [-0.1, -0.05) is 42.5 Å². The molecular weight excluding hydrogens is 502 g/mol. The molecule has 190 valence electrons. The third-order valence-corrected chi connectivity index (χ3v) is 8.83. The van der Waals surface area contributed by atoms with E-state index in [0.717, 1.165) is 50.6 Å². The largest absolute Gasteiger partial charge is 0.309 e. The minimum Gasteiger partial charge on any atom is -0.309 e. The molecule has 41 heavy (non-hydrogen) atoms. The van der Waals surface area contributed by atoms with Crippen LogP contribution in [0.2, 0.25) is 0 Å². The van der Waals surface area contributed by atoms with Gasteiger partial charge in [-0.05, 0) is 88.7 Å². The van der Waals surface area contributed by atoms with Gasteiger partial charge in [0.1, 0.15) is 5.65 Å². The van der Waals surface area contributed by atoms with Gasteiger partial charge in [-0.25, -0.2) is 9.97 Å². The lowest BCUT2D eigenvalue weighted by Crippen LogP contribution is -1.95. The Labute approximate surface area is 234 Å². The molecule has 5 heteroatoms. The number of rotatable bonds is 1. The highest BCUT2D eigenvalue weighted by Crippen LogP contribution is 2.44. The second-order valence-electron chi connectivity index (χ2n) is 11.0. The Balaban J connectivity index is 1.43. The molecule has 0 radical (unpaired) electrons. The van der Waals surface area contributed by atoms with Crippen LogP contribution in [0.5, 0.6) is 0 Å². The van der Waals surface area contributed by atoms with Crippen LogP contribution in [0.1, 0.15) is 11.1 Å². The summed E-state index contributed by atoms with van der Waals surface area (Å²) in [7, 11) is 0. The summed E-state index contributed by atoms with van der Waals surface area (Å²) >= 11 is 0. The van der Waals surface area contributed by atoms with Gasteiger partial charge in [-0.3, -0.25) is 9.38 Å². The molecule has 1 aliphatic rings. The van der Waals surface area contributed by atoms with Gasteiger partial charge in [0.15, 0.2) is 5.65 Å². The van der Waals surface area contributed by atoms with Gasteiger partial charge in [0.05, 0.1) is 28.3 Å². The van der Waals surface area contributed by atoms with Crippen molar-refractivity contribution in [1.82, 2.24) is 23.9 Å². The third-order valence-electron chi connectivity index (χ3n) is 8.83. The van der Waals surface area contributed by atoms with Gasteiger partial charge in [0, 0.05) is 39.6 Å². The molecule has 10 rings (SSSR count). The molecule has 0 N–H and O–H groups in total. The van der Waals surface area contributed by atoms with Crippen molar-refractivity contribution in [3.05, 3.63) is 127 Å². The van der Waals surface area contributed by atoms with Gasteiger partial charge >= 0.3 is 0 Å². The first kappa shape index (κ1) is 21.3. The molecule has 5 nitrogen and oxygen atoms in total. The fourth-order valence-corrected chi connectivity index (χ4v) is 7.09. The summed E-state index contributed by atoms with van der Waals surface area (Å²) in [5.41, 5.74) is 12.7. The number of hydrogen-bond donors (Lipinski definition) is 0. The maximum absolute atomic E-state index is 5.05. The molecule has 0 saturated heterocycles. The number of aromatic nitrogens is 5. The first-order valence-corrected chi connectivity index (χ1v) is 13.9. The summed E-state index contributed by atoms with van der Waals surface area (Å²) in [5, 5.41) is 5.92. The number of hydrogen-bond acceptors (Lipinski definition) is 3. The Morgan fingerprint density at radius 3 is 2.37 bits per heavy atom. The Bertz CT molecular complexity index is 2550. The minimum absolute atomic E-state index is 0.743. The Morgan fingerprint density at radius 1 is 0.561 bits per heavy atom. The zero-order valence-electron chi connectivity index (χ0n) is 21.9. The van der Waals surface area contributed by atoms with Crippen LogP contribution in [0.4, 0.5) is 0 Å². The van der Waals surface area contributed by atoms with E-state index < -0.39 is 0 Å². The monoisotopic (exact) mass is 523 g/mol. The van der Waals surface area contributed by atoms with E-state index in [9.17, 15) is 0 Å². The average Bonchev–Trinajstić information content (AvgIpc) is 3.69. The fraction of sp³-hybridized carbons (Fsp3) is 0.0278. The Morgan fingerprint density at radius 2 is 1.41 bits per heavy atom. The first-order chi connectivity index (χ1) is 20.3. The van der Waals surface area contributed by atoms with E-state index in [4.69, 9.17) is 4.98 Å². The summed E-state index contributed by atoms with van der Waals surface area (Å²) in [4.78, 5) is 14.1. The van der Waals surface area contributed by atoms with Crippen LogP contribution in [0.3, 0.4) is 0 Å². The summed E-state index contributed by atoms with van der Waals surface area (Å²) in [6.45, 7) is 0. The molecule has 4 aromatic carbocycles. The van der Waals surface area contributed by atoms with E-state index in [1.807, 2.05) is 24.7 Å². The van der Waals surface area contributed by atoms with Crippen LogP contribution >= 0.6 is 0 Å². The standard InChI is InChI=1S/C36H21N5/c1-2-8-23(9-3-1)40-32-18-26-22(15-21-7-4-5-10-24(21)26)16-28(32)29-17-30-27(19-33(29)40)25-12-14-37-20-34(25)41-31-11-6-13-38-35(31)39-36(30)41/h1-14,16-20H,15H2. The lowest BCUT2D eigenvalue weighted by Gasteiger charge is -2.11. The normalized spacial score (nSPS) is 12.8. The van der Waals surface area contributed by atoms with E-state index in [-0.39, 0.29) is 0 Å². The van der Waals surface area contributed by atoms with Gasteiger partial charge in [-0.15, -0.1) is 0 Å². The Hall–Kier alpha value is -5.55. The zero-order chi connectivity index (χ0) is 26.7. The molecule has 0 amide bonds. The van der Waals surface area contributed by atoms with E-state index in [0.29, 0.717) is 0 Å². The quantitative estimate of drug-likeness (QED) is 0.204. The van der Waals surface area contributed by atoms with Crippen LogP contribution < -0.4 is 0 Å². The summed E-state index contributed by atoms with van der Waals surface area (Å²) in [5.74, 6) is 0. The van der Waals surface area contributed by atoms with Gasteiger partial charge < -0.3 is 4.57 Å². The summed E-state index contributed by atoms with van der Waals surface area (Å²) in [6, 6.07) is 35.2. The molecule has 5 aromatic heterocycles. The van der Waals surface area contributed by atoms with Crippen LogP contribution in [-0.2, 0) is 6.42 Å². The number of nitrogens with zero attached hydrogens (tertiary/aromatic N) is 5. The minimum atomic E-state index is 0.743. The second-order valence-corrected chi connectivity index (χ2v) is 11.0. The van der Waals surface area contributed by atoms with Crippen LogP contribution in [-0.4, -0.2) is 23.9 Å². The number of fused-ring (bicyclic) bond motifs is 14. The maximum atomic E-state index is 5.05. The number of para-hydroxylation sites is 1. The smallest absolute Gasteiger partial charge is 0.178 e. The SMILES string of the molecule is c1ccc(-n2c3cc4c(cc3c3cc5c(cc32)c2ccncc2n2c3cccnc3nc52)Cc2ccccc2-4)cc1. The highest BCUT2D eigenvalue weighted by molar-refractivity contribution is 6.21. The molecule has 0 aliphatic heterocycles. The van der Waals surface area contributed by atoms with Gasteiger partial charge in [0.2, 0.25) is 0 Å². The van der Waals surface area contributed by atoms with Crippen molar-refractivity contribution in [3.8, 4) is 16.8 Å². The molecule has 0 spiro atoms. The molecule has 0 bridgehead atoms. The molecule has 5 heterocycles. The van der Waals surface area contributed by atoms with Crippen molar-refractivity contribution < 1.29 is 0 Å². The molecule has 0 saturated carbocycles. The lowest BCUT2D eigenvalue weighted by atomic mass is 10.0. The van der Waals surface area contributed by atoms with Crippen LogP contribution in [0.25, 0.3) is 77.1 Å². The maximum Gasteiger partial charge on any atom is 0.178 e. The molecule has 0 atom stereocenters. The number of pyridine rings is 3. The van der Waals surface area contributed by atoms with E-state index in [2.05, 4.69) is 110 Å². The molecule has 9 aromatic rings. The van der Waals surface area contributed by atoms with E-state index in [1.54, 1.807) is 0 Å². The predicted octanol–water partition coefficient (Wildman–Crippen LogP) is 8.25. The van der Waals surface area contributed by atoms with Crippen molar-refractivity contribution >= 4 is 60.3 Å². The molecular formula is C36H21N5. The second kappa shape index (κ2) is 7.55. The van der Waals surface area contributed by atoms with E-state index >= 15 is 0 Å². The van der Waals surface area contributed by atoms with Crippen LogP contribution in [0.15, 0.2) is 116 Å². The summed E-state index contributed by atoms with van der Waals surface area (Å²) in [6.07, 6.45) is 6.59. The highest BCUT2D eigenvalue weighted by Gasteiger charge is 2.23. The molecule has 0 unspecified atom stereocenters. The number of imidazole rings is 1. The first-order valence-electron chi connectivity index (χ1n) is 13.9. The van der Waals surface area contributed by atoms with Crippen molar-refractivity contribution in [2.75, 3.05) is 0 Å². The van der Waals surface area contributed by atoms with Gasteiger partial charge in [-0.2, -0.15) is 0 Å². The topological polar surface area (TPSA) is 48.0 Å². The Kier molecular flexibility index (Phi) is 3.92. The van der Waals surface area contributed by atoms with Crippen molar-refractivity contribution in [2.24, 2.45) is 0 Å². The van der Waals surface area contributed by atoms with Crippen molar-refractivity contribution in [1.29, 1.82) is 0 Å². The van der Waals surface area contributed by atoms with E-state index in [1.165, 1.54) is 44.1 Å². The third kappa shape index (κ3) is 2.72. The van der Waals surface area contributed by atoms with Crippen molar-refractivity contribution in [3.63, 3.8) is 0 Å². The van der Waals surface area contributed by atoms with Crippen molar-refractivity contribution in [2.45, 2.75) is 6.42 Å². The number of benzene rings is 4. The zero-order valence-corrected chi connectivity index (χ0v) is 21.9.